The van der Waals surface area contributed by atoms with E-state index in [1.807, 2.05) is 0 Å². The highest BCUT2D eigenvalue weighted by Crippen LogP contribution is 2.18. The van der Waals surface area contributed by atoms with Gasteiger partial charge in [-0.2, -0.15) is 0 Å². The fraction of sp³-hybridized carbons (Fsp3) is 0.200. The molecule has 4 nitrogen and oxygen atoms in total. The minimum absolute atomic E-state index is 0.00713. The molecule has 1 atom stereocenters. The summed E-state index contributed by atoms with van der Waals surface area (Å²) >= 11 is 5.73. The zero-order chi connectivity index (χ0) is 12.1. The van der Waals surface area contributed by atoms with Crippen molar-refractivity contribution < 1.29 is 19.1 Å². The molecule has 0 aliphatic carbocycles. The molecule has 6 heteroatoms. The second kappa shape index (κ2) is 5.46. The van der Waals surface area contributed by atoms with Crippen LogP contribution in [-0.4, -0.2) is 23.5 Å². The first-order valence-corrected chi connectivity index (χ1v) is 4.79. The van der Waals surface area contributed by atoms with E-state index < -0.39 is 17.8 Å². The molecule has 0 radical (unpaired) electrons. The van der Waals surface area contributed by atoms with Crippen LogP contribution in [0.2, 0.25) is 5.02 Å². The molecule has 1 aromatic carbocycles. The van der Waals surface area contributed by atoms with Crippen molar-refractivity contribution in [3.05, 3.63) is 34.6 Å². The third kappa shape index (κ3) is 3.20. The van der Waals surface area contributed by atoms with E-state index in [-0.39, 0.29) is 11.4 Å². The second-order valence-electron chi connectivity index (χ2n) is 3.12. The number of aliphatic carboxylic acids is 1. The van der Waals surface area contributed by atoms with E-state index in [0.717, 1.165) is 6.07 Å². The van der Waals surface area contributed by atoms with Crippen molar-refractivity contribution in [1.29, 1.82) is 0 Å². The lowest BCUT2D eigenvalue weighted by Gasteiger charge is -2.12. The molecule has 0 bridgehead atoms. The van der Waals surface area contributed by atoms with Crippen LogP contribution in [-0.2, 0) is 16.0 Å². The number of amides is 1. The van der Waals surface area contributed by atoms with Crippen molar-refractivity contribution in [3.8, 4) is 0 Å². The van der Waals surface area contributed by atoms with Crippen molar-refractivity contribution in [3.63, 3.8) is 0 Å². The number of carboxylic acid groups (broad SMARTS) is 1. The van der Waals surface area contributed by atoms with Gasteiger partial charge >= 0.3 is 5.97 Å². The van der Waals surface area contributed by atoms with Gasteiger partial charge in [0.15, 0.2) is 0 Å². The molecule has 0 aromatic heterocycles. The first-order chi connectivity index (χ1) is 7.54. The zero-order valence-electron chi connectivity index (χ0n) is 8.11. The Morgan fingerprint density at radius 3 is 2.81 bits per heavy atom. The molecule has 0 saturated heterocycles. The summed E-state index contributed by atoms with van der Waals surface area (Å²) in [5, 5.41) is 11.1. The minimum atomic E-state index is -1.17. The van der Waals surface area contributed by atoms with E-state index in [1.54, 1.807) is 0 Å². The van der Waals surface area contributed by atoms with E-state index in [9.17, 15) is 14.0 Å². The number of hydrogen-bond acceptors (Lipinski definition) is 2. The third-order valence-electron chi connectivity index (χ3n) is 2.01. The highest BCUT2D eigenvalue weighted by molar-refractivity contribution is 6.31. The summed E-state index contributed by atoms with van der Waals surface area (Å²) in [5.41, 5.74) is 0.463. The van der Waals surface area contributed by atoms with Crippen molar-refractivity contribution in [2.45, 2.75) is 12.5 Å². The number of carbonyl (C=O) groups excluding carboxylic acids is 1. The molecule has 1 amide bonds. The van der Waals surface area contributed by atoms with Crippen molar-refractivity contribution in [1.82, 2.24) is 5.32 Å². The maximum absolute atomic E-state index is 12.7. The average molecular weight is 246 g/mol. The first kappa shape index (κ1) is 12.4. The van der Waals surface area contributed by atoms with Crippen LogP contribution in [0, 0.1) is 5.82 Å². The number of benzene rings is 1. The van der Waals surface area contributed by atoms with Crippen molar-refractivity contribution >= 4 is 24.0 Å². The van der Waals surface area contributed by atoms with Gasteiger partial charge in [0, 0.05) is 11.4 Å². The molecule has 2 N–H and O–H groups in total. The van der Waals surface area contributed by atoms with Crippen LogP contribution in [0.3, 0.4) is 0 Å². The van der Waals surface area contributed by atoms with Crippen molar-refractivity contribution in [2.75, 3.05) is 0 Å². The normalized spacial score (nSPS) is 11.9. The van der Waals surface area contributed by atoms with E-state index in [2.05, 4.69) is 5.32 Å². The largest absolute Gasteiger partial charge is 0.480 e. The van der Waals surface area contributed by atoms with Gasteiger partial charge in [-0.3, -0.25) is 4.79 Å². The fourth-order valence-electron chi connectivity index (χ4n) is 1.21. The van der Waals surface area contributed by atoms with Gasteiger partial charge in [-0.1, -0.05) is 17.7 Å². The Hall–Kier alpha value is -1.62. The quantitative estimate of drug-likeness (QED) is 0.767. The predicted molar refractivity (Wildman–Crippen MR) is 55.7 cm³/mol. The number of rotatable bonds is 5. The number of carboxylic acids is 1. The van der Waals surface area contributed by atoms with Crippen LogP contribution in [0.5, 0.6) is 0 Å². The zero-order valence-corrected chi connectivity index (χ0v) is 8.87. The molecule has 1 rings (SSSR count). The molecule has 0 aliphatic rings. The SMILES string of the molecule is O=CNC(Cc1ccc(F)cc1Cl)C(=O)O. The topological polar surface area (TPSA) is 66.4 Å². The molecule has 86 valence electrons. The Bertz CT molecular complexity index is 411. The standard InChI is InChI=1S/C10H9ClFNO3/c11-8-4-7(12)2-1-6(8)3-9(10(15)16)13-5-14/h1-2,4-5,9H,3H2,(H,13,14)(H,15,16). The molecule has 0 saturated carbocycles. The Morgan fingerprint density at radius 2 is 2.31 bits per heavy atom. The lowest BCUT2D eigenvalue weighted by Crippen LogP contribution is -2.37. The van der Waals surface area contributed by atoms with Gasteiger partial charge in [-0.15, -0.1) is 0 Å². The molecule has 1 aromatic rings. The first-order valence-electron chi connectivity index (χ1n) is 4.41. The summed E-state index contributed by atoms with van der Waals surface area (Å²) in [5.74, 6) is -1.67. The monoisotopic (exact) mass is 245 g/mol. The van der Waals surface area contributed by atoms with Gasteiger partial charge in [0.05, 0.1) is 0 Å². The van der Waals surface area contributed by atoms with Crippen LogP contribution >= 0.6 is 11.6 Å². The van der Waals surface area contributed by atoms with E-state index >= 15 is 0 Å². The Balaban J connectivity index is 2.84. The van der Waals surface area contributed by atoms with Crippen LogP contribution in [0.4, 0.5) is 4.39 Å². The van der Waals surface area contributed by atoms with Crippen LogP contribution < -0.4 is 5.32 Å². The summed E-state index contributed by atoms with van der Waals surface area (Å²) in [4.78, 5) is 20.9. The number of carbonyl (C=O) groups is 2. The van der Waals surface area contributed by atoms with Crippen molar-refractivity contribution in [2.24, 2.45) is 0 Å². The molecule has 0 heterocycles. The third-order valence-corrected chi connectivity index (χ3v) is 2.36. The van der Waals surface area contributed by atoms with Crippen LogP contribution in [0.25, 0.3) is 0 Å². The van der Waals surface area contributed by atoms with E-state index in [4.69, 9.17) is 16.7 Å². The molecule has 16 heavy (non-hydrogen) atoms. The van der Waals surface area contributed by atoms with Gasteiger partial charge in [-0.05, 0) is 17.7 Å². The van der Waals surface area contributed by atoms with Crippen LogP contribution in [0.1, 0.15) is 5.56 Å². The second-order valence-corrected chi connectivity index (χ2v) is 3.52. The molecular weight excluding hydrogens is 237 g/mol. The number of halogens is 2. The van der Waals surface area contributed by atoms with Gasteiger partial charge in [-0.25, -0.2) is 9.18 Å². The Labute approximate surface area is 96.0 Å². The summed E-state index contributed by atoms with van der Waals surface area (Å²) in [7, 11) is 0. The van der Waals surface area contributed by atoms with E-state index in [1.165, 1.54) is 12.1 Å². The molecule has 1 unspecified atom stereocenters. The molecule has 0 fully saturated rings. The van der Waals surface area contributed by atoms with Gasteiger partial charge in [0.2, 0.25) is 6.41 Å². The Morgan fingerprint density at radius 1 is 1.62 bits per heavy atom. The average Bonchev–Trinajstić information content (AvgIpc) is 2.20. The number of nitrogens with one attached hydrogen (secondary N) is 1. The van der Waals surface area contributed by atoms with Gasteiger partial charge in [0.25, 0.3) is 0 Å². The summed E-state index contributed by atoms with van der Waals surface area (Å²) < 4.78 is 12.7. The summed E-state index contributed by atoms with van der Waals surface area (Å²) in [6.07, 6.45) is 0.309. The molecular formula is C10H9ClFNO3. The minimum Gasteiger partial charge on any atom is -0.480 e. The fourth-order valence-corrected chi connectivity index (χ4v) is 1.45. The van der Waals surface area contributed by atoms with Crippen LogP contribution in [0.15, 0.2) is 18.2 Å². The Kier molecular flexibility index (Phi) is 4.25. The van der Waals surface area contributed by atoms with E-state index in [0.29, 0.717) is 12.0 Å². The van der Waals surface area contributed by atoms with Gasteiger partial charge < -0.3 is 10.4 Å². The number of hydrogen-bond donors (Lipinski definition) is 2. The maximum atomic E-state index is 12.7. The lowest BCUT2D eigenvalue weighted by atomic mass is 10.1. The maximum Gasteiger partial charge on any atom is 0.326 e. The summed E-state index contributed by atoms with van der Waals surface area (Å²) in [6.45, 7) is 0. The molecule has 0 aliphatic heterocycles. The van der Waals surface area contributed by atoms with Gasteiger partial charge in [0.1, 0.15) is 11.9 Å². The predicted octanol–water partition coefficient (Wildman–Crippen LogP) is 1.22. The highest BCUT2D eigenvalue weighted by Gasteiger charge is 2.18. The summed E-state index contributed by atoms with van der Waals surface area (Å²) in [6, 6.07) is 2.60. The lowest BCUT2D eigenvalue weighted by molar-refractivity contribution is -0.140. The smallest absolute Gasteiger partial charge is 0.326 e. The highest BCUT2D eigenvalue weighted by atomic mass is 35.5. The molecule has 0 spiro atoms.